The number of anilines is 1. The minimum absolute atomic E-state index is 0.0150. The first kappa shape index (κ1) is 19.3. The van der Waals surface area contributed by atoms with Crippen LogP contribution in [0.3, 0.4) is 0 Å². The van der Waals surface area contributed by atoms with Crippen LogP contribution in [-0.4, -0.2) is 43.1 Å². The molecule has 2 aromatic rings. The van der Waals surface area contributed by atoms with Crippen LogP contribution in [0, 0.1) is 5.92 Å². The summed E-state index contributed by atoms with van der Waals surface area (Å²) in [5, 5.41) is 3.11. The highest BCUT2D eigenvalue weighted by Crippen LogP contribution is 2.32. The van der Waals surface area contributed by atoms with E-state index in [4.69, 9.17) is 4.74 Å². The maximum atomic E-state index is 13.2. The van der Waals surface area contributed by atoms with Gasteiger partial charge in [0.15, 0.2) is 0 Å². The Morgan fingerprint density at radius 2 is 1.83 bits per heavy atom. The number of benzene rings is 2. The zero-order valence-corrected chi connectivity index (χ0v) is 16.7. The van der Waals surface area contributed by atoms with Gasteiger partial charge in [0.2, 0.25) is 5.91 Å². The van der Waals surface area contributed by atoms with Crippen molar-refractivity contribution < 1.29 is 14.3 Å². The maximum Gasteiger partial charge on any atom is 0.324 e. The lowest BCUT2D eigenvalue weighted by atomic mass is 9.96. The Labute approximate surface area is 171 Å². The van der Waals surface area contributed by atoms with Crippen molar-refractivity contribution in [1.29, 1.82) is 0 Å². The summed E-state index contributed by atoms with van der Waals surface area (Å²) in [5.74, 6) is 0.562. The Hall–Kier alpha value is -3.02. The molecule has 0 aromatic heterocycles. The molecule has 0 spiro atoms. The molecule has 0 bridgehead atoms. The summed E-state index contributed by atoms with van der Waals surface area (Å²) in [7, 11) is 0. The molecule has 1 fully saturated rings. The number of rotatable bonds is 3. The van der Waals surface area contributed by atoms with E-state index in [0.717, 1.165) is 29.8 Å². The number of urea groups is 1. The number of nitrogens with one attached hydrogen (secondary N) is 1. The van der Waals surface area contributed by atoms with Crippen LogP contribution in [0.25, 0.3) is 0 Å². The summed E-state index contributed by atoms with van der Waals surface area (Å²) in [6.07, 6.45) is 1.63. The maximum absolute atomic E-state index is 13.2. The van der Waals surface area contributed by atoms with Gasteiger partial charge in [0, 0.05) is 13.1 Å². The largest absolute Gasteiger partial charge is 0.490 e. The Bertz CT molecular complexity index is 871. The summed E-state index contributed by atoms with van der Waals surface area (Å²) in [6, 6.07) is 17.4. The molecule has 2 heterocycles. The van der Waals surface area contributed by atoms with E-state index in [1.807, 2.05) is 66.4 Å². The molecule has 152 valence electrons. The van der Waals surface area contributed by atoms with Gasteiger partial charge in [-0.1, -0.05) is 42.5 Å². The molecular formula is C23H27N3O3. The number of nitrogens with zero attached hydrogens (tertiary/aromatic N) is 2. The molecule has 1 saturated heterocycles. The van der Waals surface area contributed by atoms with Crippen LogP contribution in [0.1, 0.15) is 31.4 Å². The molecule has 2 aliphatic heterocycles. The quantitative estimate of drug-likeness (QED) is 0.867. The van der Waals surface area contributed by atoms with Gasteiger partial charge in [-0.2, -0.15) is 0 Å². The third-order valence-corrected chi connectivity index (χ3v) is 5.68. The second-order valence-electron chi connectivity index (χ2n) is 7.68. The molecule has 2 aliphatic rings. The van der Waals surface area contributed by atoms with E-state index in [9.17, 15) is 9.59 Å². The van der Waals surface area contributed by atoms with Crippen molar-refractivity contribution in [3.05, 3.63) is 60.2 Å². The molecule has 0 radical (unpaired) electrons. The van der Waals surface area contributed by atoms with Crippen LogP contribution in [0.5, 0.6) is 5.75 Å². The molecule has 6 heteroatoms. The monoisotopic (exact) mass is 393 g/mol. The fourth-order valence-electron chi connectivity index (χ4n) is 4.06. The predicted molar refractivity (Wildman–Crippen MR) is 112 cm³/mol. The molecule has 29 heavy (non-hydrogen) atoms. The smallest absolute Gasteiger partial charge is 0.324 e. The molecular weight excluding hydrogens is 366 g/mol. The summed E-state index contributed by atoms with van der Waals surface area (Å²) in [5.41, 5.74) is 1.88. The second-order valence-corrected chi connectivity index (χ2v) is 7.68. The molecule has 0 aliphatic carbocycles. The van der Waals surface area contributed by atoms with E-state index in [1.54, 1.807) is 4.90 Å². The van der Waals surface area contributed by atoms with E-state index < -0.39 is 0 Å². The average Bonchev–Trinajstić information content (AvgIpc) is 2.79. The number of hydrogen-bond acceptors (Lipinski definition) is 3. The van der Waals surface area contributed by atoms with Crippen LogP contribution in [0.15, 0.2) is 54.6 Å². The van der Waals surface area contributed by atoms with Gasteiger partial charge < -0.3 is 15.0 Å². The van der Waals surface area contributed by atoms with E-state index in [-0.39, 0.29) is 23.9 Å². The van der Waals surface area contributed by atoms with Gasteiger partial charge >= 0.3 is 6.03 Å². The number of carbonyl (C=O) groups excluding carboxylic acids is 2. The van der Waals surface area contributed by atoms with E-state index in [0.29, 0.717) is 26.2 Å². The van der Waals surface area contributed by atoms with Gasteiger partial charge in [0.05, 0.1) is 24.2 Å². The molecule has 4 rings (SSSR count). The highest BCUT2D eigenvalue weighted by Gasteiger charge is 2.33. The van der Waals surface area contributed by atoms with Gasteiger partial charge in [-0.05, 0) is 37.5 Å². The van der Waals surface area contributed by atoms with Gasteiger partial charge in [-0.25, -0.2) is 4.79 Å². The van der Waals surface area contributed by atoms with Crippen molar-refractivity contribution in [2.24, 2.45) is 5.92 Å². The number of para-hydroxylation sites is 2. The van der Waals surface area contributed by atoms with Gasteiger partial charge in [-0.3, -0.25) is 9.69 Å². The lowest BCUT2D eigenvalue weighted by molar-refractivity contribution is -0.126. The molecule has 3 amide bonds. The number of hydrogen-bond donors (Lipinski definition) is 1. The van der Waals surface area contributed by atoms with Crippen molar-refractivity contribution in [3.63, 3.8) is 0 Å². The Kier molecular flexibility index (Phi) is 5.69. The number of amides is 3. The third-order valence-electron chi connectivity index (χ3n) is 5.68. The number of fused-ring (bicyclic) bond motifs is 1. The predicted octanol–water partition coefficient (Wildman–Crippen LogP) is 3.59. The Morgan fingerprint density at radius 1 is 1.07 bits per heavy atom. The van der Waals surface area contributed by atoms with Crippen LogP contribution in [0.4, 0.5) is 10.5 Å². The number of piperidine rings is 1. The number of ether oxygens (including phenoxy) is 1. The Morgan fingerprint density at radius 3 is 2.66 bits per heavy atom. The fraction of sp³-hybridized carbons (Fsp3) is 0.391. The first-order valence-corrected chi connectivity index (χ1v) is 10.3. The van der Waals surface area contributed by atoms with Gasteiger partial charge in [0.25, 0.3) is 0 Å². The summed E-state index contributed by atoms with van der Waals surface area (Å²) in [4.78, 5) is 29.6. The molecule has 2 aromatic carbocycles. The molecule has 2 atom stereocenters. The minimum atomic E-state index is -0.185. The van der Waals surface area contributed by atoms with E-state index in [2.05, 4.69) is 5.32 Å². The number of likely N-dealkylation sites (tertiary alicyclic amines) is 1. The SMILES string of the molecule is C[C@H](NC(=O)[C@H]1CCCN(C(=O)N2CCOc3ccccc32)C1)c1ccccc1. The molecule has 0 unspecified atom stereocenters. The van der Waals surface area contributed by atoms with Crippen molar-refractivity contribution in [3.8, 4) is 5.75 Å². The van der Waals surface area contributed by atoms with Crippen LogP contribution >= 0.6 is 0 Å². The Balaban J connectivity index is 1.41. The number of carbonyl (C=O) groups is 2. The van der Waals surface area contributed by atoms with Crippen molar-refractivity contribution in [2.45, 2.75) is 25.8 Å². The molecule has 6 nitrogen and oxygen atoms in total. The van der Waals surface area contributed by atoms with E-state index in [1.165, 1.54) is 0 Å². The van der Waals surface area contributed by atoms with E-state index >= 15 is 0 Å². The van der Waals surface area contributed by atoms with Crippen LogP contribution in [0.2, 0.25) is 0 Å². The third kappa shape index (κ3) is 4.21. The lowest BCUT2D eigenvalue weighted by Gasteiger charge is -2.38. The molecule has 0 saturated carbocycles. The second kappa shape index (κ2) is 8.55. The topological polar surface area (TPSA) is 61.9 Å². The van der Waals surface area contributed by atoms with Crippen LogP contribution < -0.4 is 15.0 Å². The summed E-state index contributed by atoms with van der Waals surface area (Å²) < 4.78 is 5.66. The summed E-state index contributed by atoms with van der Waals surface area (Å²) in [6.45, 7) is 4.12. The van der Waals surface area contributed by atoms with Crippen molar-refractivity contribution in [1.82, 2.24) is 10.2 Å². The van der Waals surface area contributed by atoms with Crippen LogP contribution in [-0.2, 0) is 4.79 Å². The highest BCUT2D eigenvalue weighted by atomic mass is 16.5. The van der Waals surface area contributed by atoms with Crippen molar-refractivity contribution in [2.75, 3.05) is 31.1 Å². The zero-order chi connectivity index (χ0) is 20.2. The minimum Gasteiger partial charge on any atom is -0.490 e. The summed E-state index contributed by atoms with van der Waals surface area (Å²) >= 11 is 0. The van der Waals surface area contributed by atoms with Crippen molar-refractivity contribution >= 4 is 17.6 Å². The average molecular weight is 393 g/mol. The first-order valence-electron chi connectivity index (χ1n) is 10.3. The molecule has 1 N–H and O–H groups in total. The van der Waals surface area contributed by atoms with Gasteiger partial charge in [-0.15, -0.1) is 0 Å². The first-order chi connectivity index (χ1) is 14.1. The standard InChI is InChI=1S/C23H27N3O3/c1-17(18-8-3-2-4-9-18)24-22(27)19-10-7-13-25(16-19)23(28)26-14-15-29-21-12-6-5-11-20(21)26/h2-6,8-9,11-12,17,19H,7,10,13-16H2,1H3,(H,24,27)/t17-,19-/m0/s1. The fourth-order valence-corrected chi connectivity index (χ4v) is 4.06. The lowest BCUT2D eigenvalue weighted by Crippen LogP contribution is -2.52. The normalized spacial score (nSPS) is 19.7. The zero-order valence-electron chi connectivity index (χ0n) is 16.7. The highest BCUT2D eigenvalue weighted by molar-refractivity contribution is 5.94. The van der Waals surface area contributed by atoms with Gasteiger partial charge in [0.1, 0.15) is 12.4 Å².